The van der Waals surface area contributed by atoms with E-state index in [-0.39, 0.29) is 11.1 Å². The molecule has 0 radical (unpaired) electrons. The van der Waals surface area contributed by atoms with E-state index in [0.717, 1.165) is 0 Å². The highest BCUT2D eigenvalue weighted by Gasteiger charge is 2.24. The van der Waals surface area contributed by atoms with Gasteiger partial charge in [-0.1, -0.05) is 11.8 Å². The molecule has 0 aliphatic heterocycles. The van der Waals surface area contributed by atoms with Gasteiger partial charge in [-0.15, -0.1) is 0 Å². The lowest BCUT2D eigenvalue weighted by Crippen LogP contribution is -2.04. The normalized spacial score (nSPS) is 10.0. The second-order valence-corrected chi connectivity index (χ2v) is 4.08. The van der Waals surface area contributed by atoms with Gasteiger partial charge in [-0.3, -0.25) is 0 Å². The number of rotatable bonds is 1. The van der Waals surface area contributed by atoms with Crippen molar-refractivity contribution in [2.75, 3.05) is 0 Å². The van der Waals surface area contributed by atoms with Crippen molar-refractivity contribution in [1.29, 1.82) is 0 Å². The molecule has 0 unspecified atom stereocenters. The molecule has 0 heterocycles. The minimum absolute atomic E-state index is 0.0400. The number of halogens is 5. The van der Waals surface area contributed by atoms with Crippen LogP contribution in [0.2, 0.25) is 0 Å². The molecule has 0 aliphatic carbocycles. The topological polar surface area (TPSA) is 37.3 Å². The van der Waals surface area contributed by atoms with Gasteiger partial charge in [-0.25, -0.2) is 26.7 Å². The molecule has 0 amide bonds. The Bertz CT molecular complexity index is 788. The predicted octanol–water partition coefficient (Wildman–Crippen LogP) is 3.48. The summed E-state index contributed by atoms with van der Waals surface area (Å²) in [6.07, 6.45) is 0. The van der Waals surface area contributed by atoms with Crippen molar-refractivity contribution in [1.82, 2.24) is 0 Å². The van der Waals surface area contributed by atoms with Crippen molar-refractivity contribution in [2.45, 2.75) is 0 Å². The Morgan fingerprint density at radius 3 is 1.68 bits per heavy atom. The second-order valence-electron chi connectivity index (χ2n) is 4.08. The monoisotopic (exact) mass is 312 g/mol. The Kier molecular flexibility index (Phi) is 4.13. The van der Waals surface area contributed by atoms with E-state index in [1.165, 1.54) is 24.3 Å². The lowest BCUT2D eigenvalue weighted by Gasteiger charge is -2.02. The molecular weight excluding hydrogens is 307 g/mol. The van der Waals surface area contributed by atoms with Gasteiger partial charge in [0.1, 0.15) is 5.56 Å². The Labute approximate surface area is 120 Å². The van der Waals surface area contributed by atoms with Crippen LogP contribution in [0.25, 0.3) is 0 Å². The summed E-state index contributed by atoms with van der Waals surface area (Å²) in [4.78, 5) is 10.6. The number of carboxylic acid groups (broad SMARTS) is 1. The molecule has 0 aromatic heterocycles. The van der Waals surface area contributed by atoms with Crippen LogP contribution in [-0.4, -0.2) is 11.1 Å². The van der Waals surface area contributed by atoms with Gasteiger partial charge in [-0.05, 0) is 24.3 Å². The van der Waals surface area contributed by atoms with E-state index in [9.17, 15) is 26.7 Å². The van der Waals surface area contributed by atoms with Crippen molar-refractivity contribution >= 4 is 5.97 Å². The molecule has 0 fully saturated rings. The summed E-state index contributed by atoms with van der Waals surface area (Å²) < 4.78 is 65.6. The van der Waals surface area contributed by atoms with Crippen LogP contribution in [-0.2, 0) is 0 Å². The Morgan fingerprint density at radius 1 is 0.773 bits per heavy atom. The van der Waals surface area contributed by atoms with E-state index >= 15 is 0 Å². The molecule has 2 aromatic carbocycles. The van der Waals surface area contributed by atoms with Gasteiger partial charge in [-0.2, -0.15) is 0 Å². The highest BCUT2D eigenvalue weighted by molar-refractivity contribution is 5.87. The van der Waals surface area contributed by atoms with E-state index < -0.39 is 40.6 Å². The molecule has 7 heteroatoms. The average molecular weight is 312 g/mol. The first-order valence-electron chi connectivity index (χ1n) is 5.69. The first-order chi connectivity index (χ1) is 10.3. The molecule has 2 aromatic rings. The zero-order valence-electron chi connectivity index (χ0n) is 10.6. The number of aromatic carboxylic acids is 1. The molecule has 0 atom stereocenters. The lowest BCUT2D eigenvalue weighted by molar-refractivity contribution is 0.0697. The minimum atomic E-state index is -2.26. The van der Waals surface area contributed by atoms with Gasteiger partial charge in [0.15, 0.2) is 23.3 Å². The van der Waals surface area contributed by atoms with Crippen molar-refractivity contribution in [3.8, 4) is 11.8 Å². The predicted molar refractivity (Wildman–Crippen MR) is 65.6 cm³/mol. The molecule has 112 valence electrons. The van der Waals surface area contributed by atoms with Gasteiger partial charge >= 0.3 is 5.97 Å². The fourth-order valence-electron chi connectivity index (χ4n) is 1.55. The molecule has 0 spiro atoms. The maximum absolute atomic E-state index is 13.4. The molecule has 0 saturated heterocycles. The van der Waals surface area contributed by atoms with E-state index in [2.05, 4.69) is 5.92 Å². The van der Waals surface area contributed by atoms with Crippen molar-refractivity contribution in [2.24, 2.45) is 0 Å². The molecule has 0 bridgehead atoms. The third-order valence-electron chi connectivity index (χ3n) is 2.67. The molecule has 22 heavy (non-hydrogen) atoms. The standard InChI is InChI=1S/C15H5F5O2/c16-10-9(11(17)13(19)14(20)12(10)18)6-3-7-1-4-8(5-2-7)15(21)22/h1-2,4-5H,(H,21,22). The van der Waals surface area contributed by atoms with Crippen LogP contribution in [0.4, 0.5) is 22.0 Å². The van der Waals surface area contributed by atoms with E-state index in [4.69, 9.17) is 5.11 Å². The van der Waals surface area contributed by atoms with Gasteiger partial charge in [0.2, 0.25) is 5.82 Å². The number of hydrogen-bond donors (Lipinski definition) is 1. The van der Waals surface area contributed by atoms with E-state index in [0.29, 0.717) is 0 Å². The van der Waals surface area contributed by atoms with Gasteiger partial charge in [0, 0.05) is 5.56 Å². The van der Waals surface area contributed by atoms with Crippen LogP contribution < -0.4 is 0 Å². The van der Waals surface area contributed by atoms with Crippen LogP contribution >= 0.6 is 0 Å². The SMILES string of the molecule is O=C(O)c1ccc(C#Cc2c(F)c(F)c(F)c(F)c2F)cc1. The highest BCUT2D eigenvalue weighted by Crippen LogP contribution is 2.22. The zero-order valence-corrected chi connectivity index (χ0v) is 10.6. The third-order valence-corrected chi connectivity index (χ3v) is 2.67. The Hall–Kier alpha value is -2.88. The quantitative estimate of drug-likeness (QED) is 0.379. The highest BCUT2D eigenvalue weighted by atomic mass is 19.2. The maximum Gasteiger partial charge on any atom is 0.335 e. The second kappa shape index (κ2) is 5.85. The van der Waals surface area contributed by atoms with Crippen LogP contribution in [0.5, 0.6) is 0 Å². The first-order valence-corrected chi connectivity index (χ1v) is 5.69. The van der Waals surface area contributed by atoms with Gasteiger partial charge in [0.25, 0.3) is 0 Å². The van der Waals surface area contributed by atoms with Crippen LogP contribution in [0.1, 0.15) is 21.5 Å². The van der Waals surface area contributed by atoms with Crippen molar-refractivity contribution in [3.05, 3.63) is 70.0 Å². The van der Waals surface area contributed by atoms with Gasteiger partial charge in [0.05, 0.1) is 5.56 Å². The third kappa shape index (κ3) is 2.76. The first kappa shape index (κ1) is 15.5. The number of carbonyl (C=O) groups is 1. The summed E-state index contributed by atoms with van der Waals surface area (Å²) in [5.41, 5.74) is -1.14. The number of hydrogen-bond acceptors (Lipinski definition) is 1. The molecule has 0 saturated carbocycles. The fourth-order valence-corrected chi connectivity index (χ4v) is 1.55. The molecule has 1 N–H and O–H groups in total. The molecule has 0 aliphatic rings. The zero-order chi connectivity index (χ0) is 16.4. The van der Waals surface area contributed by atoms with Gasteiger partial charge < -0.3 is 5.11 Å². The summed E-state index contributed by atoms with van der Waals surface area (Å²) in [6, 6.07) is 4.85. The van der Waals surface area contributed by atoms with Crippen molar-refractivity contribution in [3.63, 3.8) is 0 Å². The Morgan fingerprint density at radius 2 is 1.23 bits per heavy atom. The molecule has 2 nitrogen and oxygen atoms in total. The fraction of sp³-hybridized carbons (Fsp3) is 0. The smallest absolute Gasteiger partial charge is 0.335 e. The number of carboxylic acids is 1. The summed E-state index contributed by atoms with van der Waals surface area (Å²) >= 11 is 0. The summed E-state index contributed by atoms with van der Waals surface area (Å²) in [7, 11) is 0. The van der Waals surface area contributed by atoms with Crippen LogP contribution in [0.3, 0.4) is 0 Å². The summed E-state index contributed by atoms with van der Waals surface area (Å²) in [5.74, 6) is -7.58. The average Bonchev–Trinajstić information content (AvgIpc) is 2.51. The van der Waals surface area contributed by atoms with E-state index in [1.807, 2.05) is 5.92 Å². The van der Waals surface area contributed by atoms with Crippen LogP contribution in [0.15, 0.2) is 24.3 Å². The number of benzene rings is 2. The Balaban J connectivity index is 2.46. The maximum atomic E-state index is 13.4. The van der Waals surface area contributed by atoms with Crippen molar-refractivity contribution < 1.29 is 31.9 Å². The minimum Gasteiger partial charge on any atom is -0.478 e. The summed E-state index contributed by atoms with van der Waals surface area (Å²) in [5, 5.41) is 8.69. The summed E-state index contributed by atoms with van der Waals surface area (Å²) in [6.45, 7) is 0. The largest absolute Gasteiger partial charge is 0.478 e. The molecule has 2 rings (SSSR count). The van der Waals surface area contributed by atoms with E-state index in [1.54, 1.807) is 0 Å². The molecular formula is C15H5F5O2. The lowest BCUT2D eigenvalue weighted by atomic mass is 10.1. The van der Waals surface area contributed by atoms with Crippen LogP contribution in [0, 0.1) is 40.9 Å².